The quantitative estimate of drug-likeness (QED) is 0.572. The number of carbonyl (C=O) groups is 3. The van der Waals surface area contributed by atoms with Crippen molar-refractivity contribution in [1.29, 1.82) is 0 Å². The number of piperidine rings is 1. The fourth-order valence-electron chi connectivity index (χ4n) is 5.28. The molecule has 0 aliphatic carbocycles. The van der Waals surface area contributed by atoms with Crippen molar-refractivity contribution in [3.63, 3.8) is 0 Å². The van der Waals surface area contributed by atoms with Crippen LogP contribution in [-0.2, 0) is 16.0 Å². The number of hydrogen-bond acceptors (Lipinski definition) is 5. The summed E-state index contributed by atoms with van der Waals surface area (Å²) in [7, 11) is 0. The number of para-hydroxylation sites is 1. The molecule has 9 heteroatoms. The normalized spacial score (nSPS) is 21.3. The summed E-state index contributed by atoms with van der Waals surface area (Å²) in [5.74, 6) is -0.261. The van der Waals surface area contributed by atoms with Gasteiger partial charge in [0.25, 0.3) is 5.91 Å². The highest BCUT2D eigenvalue weighted by atomic mass is 19.1. The summed E-state index contributed by atoms with van der Waals surface area (Å²) in [6.45, 7) is 3.47. The lowest BCUT2D eigenvalue weighted by Crippen LogP contribution is -2.55. The Balaban J connectivity index is 1.40. The van der Waals surface area contributed by atoms with Gasteiger partial charge < -0.3 is 26.0 Å². The number of nitrogens with two attached hydrogens (primary N) is 1. The minimum Gasteiger partial charge on any atom is -0.491 e. The zero-order valence-corrected chi connectivity index (χ0v) is 21.9. The molecule has 2 aromatic rings. The molecule has 1 saturated heterocycles. The summed E-state index contributed by atoms with van der Waals surface area (Å²) in [6.07, 6.45) is 3.48. The molecule has 8 nitrogen and oxygen atoms in total. The second-order valence-electron chi connectivity index (χ2n) is 10.4. The van der Waals surface area contributed by atoms with Crippen LogP contribution in [0.25, 0.3) is 0 Å². The van der Waals surface area contributed by atoms with Gasteiger partial charge in [-0.15, -0.1) is 0 Å². The lowest BCUT2D eigenvalue weighted by atomic mass is 9.73. The number of nitrogens with one attached hydrogen (secondary N) is 2. The molecule has 1 fully saturated rings. The summed E-state index contributed by atoms with van der Waals surface area (Å²) in [5, 5.41) is 6.07. The molecule has 0 bridgehead atoms. The standard InChI is InChI=1S/C29H37FN4O4/c1-20-19-38-25-10-3-2-9-23(25)26(35)32-14-5-4-11-29(28(37)33-20)12-15-34(16-13-29)27(36)24(31)18-21-7-6-8-22(30)17-21/h2-3,6-10,17,20,24H,4-5,11-16,18-19,31H2,1H3,(H,32,35)(H,33,37)/t20-,24-/m1/s1. The number of ether oxygens (including phenoxy) is 1. The van der Waals surface area contributed by atoms with E-state index in [0.29, 0.717) is 55.8 Å². The summed E-state index contributed by atoms with van der Waals surface area (Å²) < 4.78 is 19.4. The van der Waals surface area contributed by atoms with Gasteiger partial charge in [-0.1, -0.05) is 30.7 Å². The van der Waals surface area contributed by atoms with Crippen LogP contribution < -0.4 is 21.1 Å². The van der Waals surface area contributed by atoms with E-state index in [1.807, 2.05) is 13.0 Å². The first-order chi connectivity index (χ1) is 18.3. The van der Waals surface area contributed by atoms with E-state index in [0.717, 1.165) is 12.8 Å². The van der Waals surface area contributed by atoms with Gasteiger partial charge in [0.05, 0.1) is 23.1 Å². The molecule has 4 N–H and O–H groups in total. The zero-order valence-electron chi connectivity index (χ0n) is 21.9. The number of benzene rings is 2. The number of hydrogen-bond donors (Lipinski definition) is 3. The minimum atomic E-state index is -0.771. The van der Waals surface area contributed by atoms with Crippen LogP contribution in [0, 0.1) is 11.2 Å². The first kappa shape index (κ1) is 27.6. The Morgan fingerprint density at radius 3 is 2.66 bits per heavy atom. The van der Waals surface area contributed by atoms with Gasteiger partial charge in [0.1, 0.15) is 18.2 Å². The van der Waals surface area contributed by atoms with Crippen LogP contribution in [0.4, 0.5) is 4.39 Å². The second-order valence-corrected chi connectivity index (χ2v) is 10.4. The predicted molar refractivity (Wildman–Crippen MR) is 142 cm³/mol. The Bertz CT molecular complexity index is 1150. The van der Waals surface area contributed by atoms with Gasteiger partial charge in [0, 0.05) is 19.6 Å². The largest absolute Gasteiger partial charge is 0.491 e. The van der Waals surface area contributed by atoms with Crippen LogP contribution in [-0.4, -0.2) is 60.9 Å². The molecule has 0 unspecified atom stereocenters. The van der Waals surface area contributed by atoms with Crippen molar-refractivity contribution in [2.75, 3.05) is 26.2 Å². The molecule has 204 valence electrons. The molecule has 2 atom stereocenters. The predicted octanol–water partition coefficient (Wildman–Crippen LogP) is 2.80. The SMILES string of the molecule is C[C@@H]1COc2ccccc2C(=O)NCCCCC2(CCN(C(=O)[C@H](N)Cc3cccc(F)c3)CC2)C(=O)N1. The van der Waals surface area contributed by atoms with Gasteiger partial charge in [-0.25, -0.2) is 4.39 Å². The van der Waals surface area contributed by atoms with Crippen molar-refractivity contribution < 1.29 is 23.5 Å². The Morgan fingerprint density at radius 1 is 1.13 bits per heavy atom. The number of amides is 3. The molecule has 0 aromatic heterocycles. The molecule has 3 amide bonds. The second kappa shape index (κ2) is 12.4. The van der Waals surface area contributed by atoms with Gasteiger partial charge >= 0.3 is 0 Å². The minimum absolute atomic E-state index is 0.0286. The van der Waals surface area contributed by atoms with E-state index in [1.165, 1.54) is 12.1 Å². The first-order valence-corrected chi connectivity index (χ1v) is 13.4. The number of nitrogens with zero attached hydrogens (tertiary/aromatic N) is 1. The van der Waals surface area contributed by atoms with E-state index in [4.69, 9.17) is 10.5 Å². The van der Waals surface area contributed by atoms with Gasteiger partial charge in [0.15, 0.2) is 0 Å². The van der Waals surface area contributed by atoms with Crippen LogP contribution in [0.2, 0.25) is 0 Å². The lowest BCUT2D eigenvalue weighted by Gasteiger charge is -2.42. The van der Waals surface area contributed by atoms with Crippen molar-refractivity contribution >= 4 is 17.7 Å². The number of carbonyl (C=O) groups excluding carboxylic acids is 3. The Hall–Kier alpha value is -3.46. The maximum absolute atomic E-state index is 13.6. The summed E-state index contributed by atoms with van der Waals surface area (Å²) in [5.41, 5.74) is 6.74. The Kier molecular flexibility index (Phi) is 8.99. The van der Waals surface area contributed by atoms with Crippen molar-refractivity contribution in [3.8, 4) is 5.75 Å². The summed E-state index contributed by atoms with van der Waals surface area (Å²) >= 11 is 0. The summed E-state index contributed by atoms with van der Waals surface area (Å²) in [6, 6.07) is 12.2. The third-order valence-corrected chi connectivity index (χ3v) is 7.54. The monoisotopic (exact) mass is 524 g/mol. The molecular weight excluding hydrogens is 487 g/mol. The maximum Gasteiger partial charge on any atom is 0.255 e. The fraction of sp³-hybridized carbons (Fsp3) is 0.483. The molecule has 4 rings (SSSR count). The Morgan fingerprint density at radius 2 is 1.89 bits per heavy atom. The zero-order chi connectivity index (χ0) is 27.1. The average molecular weight is 525 g/mol. The third-order valence-electron chi connectivity index (χ3n) is 7.54. The number of halogens is 1. The van der Waals surface area contributed by atoms with Crippen LogP contribution in [0.15, 0.2) is 48.5 Å². The van der Waals surface area contributed by atoms with Gasteiger partial charge in [-0.05, 0) is 68.9 Å². The van der Waals surface area contributed by atoms with Crippen LogP contribution in [0.1, 0.15) is 54.9 Å². The van der Waals surface area contributed by atoms with Crippen molar-refractivity contribution in [3.05, 3.63) is 65.5 Å². The fourth-order valence-corrected chi connectivity index (χ4v) is 5.28. The molecule has 0 saturated carbocycles. The molecule has 2 aliphatic rings. The van der Waals surface area contributed by atoms with E-state index in [1.54, 1.807) is 35.2 Å². The molecular formula is C29H37FN4O4. The van der Waals surface area contributed by atoms with Crippen LogP contribution in [0.3, 0.4) is 0 Å². The molecule has 38 heavy (non-hydrogen) atoms. The number of fused-ring (bicyclic) bond motifs is 1. The van der Waals surface area contributed by atoms with Crippen LogP contribution in [0.5, 0.6) is 5.75 Å². The smallest absolute Gasteiger partial charge is 0.255 e. The number of likely N-dealkylation sites (tertiary alicyclic amines) is 1. The van der Waals surface area contributed by atoms with Gasteiger partial charge in [0.2, 0.25) is 11.8 Å². The van der Waals surface area contributed by atoms with E-state index < -0.39 is 11.5 Å². The van der Waals surface area contributed by atoms with Crippen molar-refractivity contribution in [2.45, 2.75) is 57.5 Å². The molecule has 2 aromatic carbocycles. The lowest BCUT2D eigenvalue weighted by molar-refractivity contribution is -0.142. The highest BCUT2D eigenvalue weighted by molar-refractivity contribution is 5.96. The van der Waals surface area contributed by atoms with E-state index in [2.05, 4.69) is 10.6 Å². The van der Waals surface area contributed by atoms with Crippen molar-refractivity contribution in [1.82, 2.24) is 15.5 Å². The Labute approximate surface area is 223 Å². The van der Waals surface area contributed by atoms with E-state index in [-0.39, 0.29) is 42.6 Å². The molecule has 0 radical (unpaired) electrons. The third kappa shape index (κ3) is 6.69. The van der Waals surface area contributed by atoms with E-state index >= 15 is 0 Å². The topological polar surface area (TPSA) is 114 Å². The van der Waals surface area contributed by atoms with E-state index in [9.17, 15) is 18.8 Å². The molecule has 2 heterocycles. The van der Waals surface area contributed by atoms with Crippen LogP contribution >= 0.6 is 0 Å². The van der Waals surface area contributed by atoms with Crippen molar-refractivity contribution in [2.24, 2.45) is 11.1 Å². The number of rotatable bonds is 3. The first-order valence-electron chi connectivity index (χ1n) is 13.4. The highest BCUT2D eigenvalue weighted by Crippen LogP contribution is 2.37. The van der Waals surface area contributed by atoms with Gasteiger partial charge in [-0.3, -0.25) is 14.4 Å². The highest BCUT2D eigenvalue weighted by Gasteiger charge is 2.42. The maximum atomic E-state index is 13.6. The molecule has 2 aliphatic heterocycles. The molecule has 1 spiro atoms. The summed E-state index contributed by atoms with van der Waals surface area (Å²) in [4.78, 5) is 41.0. The average Bonchev–Trinajstić information content (AvgIpc) is 2.91. The van der Waals surface area contributed by atoms with Gasteiger partial charge in [-0.2, -0.15) is 0 Å².